The summed E-state index contributed by atoms with van der Waals surface area (Å²) in [5.74, 6) is -0.785. The molecule has 0 aromatic carbocycles. The number of ether oxygens (including phenoxy) is 1. The molecule has 2 heterocycles. The van der Waals surface area contributed by atoms with Crippen LogP contribution in [0, 0.1) is 11.8 Å². The highest BCUT2D eigenvalue weighted by atomic mass is 16.5. The molecule has 18 heavy (non-hydrogen) atoms. The molecular weight excluding hydrogens is 236 g/mol. The van der Waals surface area contributed by atoms with E-state index in [1.54, 1.807) is 12.0 Å². The number of methoxy groups -OCH3 is 1. The molecule has 6 heteroatoms. The Balaban J connectivity index is 1.84. The van der Waals surface area contributed by atoms with Crippen LogP contribution in [0.15, 0.2) is 0 Å². The Bertz CT molecular complexity index is 334. The minimum absolute atomic E-state index is 0.0163. The third-order valence-electron chi connectivity index (χ3n) is 3.77. The van der Waals surface area contributed by atoms with Crippen LogP contribution in [0.5, 0.6) is 0 Å². The number of carboxylic acid groups (broad SMARTS) is 1. The van der Waals surface area contributed by atoms with Gasteiger partial charge >= 0.3 is 12.0 Å². The lowest BCUT2D eigenvalue weighted by molar-refractivity contribution is -0.141. The van der Waals surface area contributed by atoms with Crippen molar-refractivity contribution in [2.45, 2.75) is 12.8 Å². The normalized spacial score (nSPS) is 27.8. The first-order valence-corrected chi connectivity index (χ1v) is 6.37. The largest absolute Gasteiger partial charge is 0.481 e. The minimum Gasteiger partial charge on any atom is -0.481 e. The van der Waals surface area contributed by atoms with Crippen molar-refractivity contribution >= 4 is 12.0 Å². The van der Waals surface area contributed by atoms with Crippen LogP contribution in [0.1, 0.15) is 12.8 Å². The quantitative estimate of drug-likeness (QED) is 0.797. The molecule has 2 unspecified atom stereocenters. The molecule has 2 aliphatic heterocycles. The lowest BCUT2D eigenvalue weighted by atomic mass is 10.1. The van der Waals surface area contributed by atoms with E-state index >= 15 is 0 Å². The van der Waals surface area contributed by atoms with Gasteiger partial charge in [0.05, 0.1) is 12.5 Å². The summed E-state index contributed by atoms with van der Waals surface area (Å²) in [4.78, 5) is 26.5. The van der Waals surface area contributed by atoms with Crippen molar-refractivity contribution in [3.05, 3.63) is 0 Å². The number of hydrogen-bond donors (Lipinski definition) is 1. The van der Waals surface area contributed by atoms with E-state index in [0.29, 0.717) is 32.0 Å². The average Bonchev–Trinajstić information content (AvgIpc) is 2.97. The maximum Gasteiger partial charge on any atom is 0.320 e. The first-order valence-electron chi connectivity index (χ1n) is 6.37. The molecular formula is C12H20N2O4. The Morgan fingerprint density at radius 1 is 1.22 bits per heavy atom. The van der Waals surface area contributed by atoms with Gasteiger partial charge in [0.25, 0.3) is 0 Å². The van der Waals surface area contributed by atoms with Crippen LogP contribution in [0.3, 0.4) is 0 Å². The molecule has 0 saturated carbocycles. The van der Waals surface area contributed by atoms with E-state index in [-0.39, 0.29) is 6.03 Å². The molecule has 0 spiro atoms. The standard InChI is InChI=1S/C12H20N2O4/c1-18-8-9-2-4-13(6-9)12(17)14-5-3-10(7-14)11(15)16/h9-10H,2-8H2,1H3,(H,15,16). The molecule has 0 aromatic rings. The van der Waals surface area contributed by atoms with E-state index in [2.05, 4.69) is 0 Å². The second-order valence-electron chi connectivity index (χ2n) is 5.11. The molecule has 6 nitrogen and oxygen atoms in total. The van der Waals surface area contributed by atoms with Gasteiger partial charge in [0.15, 0.2) is 0 Å². The molecule has 2 saturated heterocycles. The van der Waals surface area contributed by atoms with E-state index in [0.717, 1.165) is 19.5 Å². The smallest absolute Gasteiger partial charge is 0.320 e. The number of carboxylic acids is 1. The molecule has 0 radical (unpaired) electrons. The number of carbonyl (C=O) groups is 2. The molecule has 2 fully saturated rings. The highest BCUT2D eigenvalue weighted by Gasteiger charge is 2.35. The van der Waals surface area contributed by atoms with E-state index in [1.165, 1.54) is 0 Å². The monoisotopic (exact) mass is 256 g/mol. The number of hydrogen-bond acceptors (Lipinski definition) is 3. The van der Waals surface area contributed by atoms with Gasteiger partial charge in [-0.25, -0.2) is 4.79 Å². The molecule has 1 N–H and O–H groups in total. The second-order valence-corrected chi connectivity index (χ2v) is 5.11. The number of amides is 2. The number of rotatable bonds is 3. The minimum atomic E-state index is -0.802. The Hall–Kier alpha value is -1.30. The van der Waals surface area contributed by atoms with Crippen molar-refractivity contribution in [3.8, 4) is 0 Å². The maximum absolute atomic E-state index is 12.2. The van der Waals surface area contributed by atoms with Crippen molar-refractivity contribution < 1.29 is 19.4 Å². The number of urea groups is 1. The van der Waals surface area contributed by atoms with Crippen LogP contribution in [-0.4, -0.2) is 66.8 Å². The van der Waals surface area contributed by atoms with Crippen molar-refractivity contribution in [2.75, 3.05) is 39.9 Å². The van der Waals surface area contributed by atoms with E-state index in [1.807, 2.05) is 4.90 Å². The number of aliphatic carboxylic acids is 1. The number of likely N-dealkylation sites (tertiary alicyclic amines) is 2. The van der Waals surface area contributed by atoms with Gasteiger partial charge in [-0.15, -0.1) is 0 Å². The average molecular weight is 256 g/mol. The highest BCUT2D eigenvalue weighted by molar-refractivity contribution is 5.77. The fourth-order valence-corrected chi connectivity index (χ4v) is 2.71. The van der Waals surface area contributed by atoms with Gasteiger partial charge in [-0.1, -0.05) is 0 Å². The highest BCUT2D eigenvalue weighted by Crippen LogP contribution is 2.22. The molecule has 2 aliphatic rings. The molecule has 2 amide bonds. The first kappa shape index (κ1) is 13.1. The summed E-state index contributed by atoms with van der Waals surface area (Å²) in [6, 6.07) is -0.0163. The van der Waals surface area contributed by atoms with Crippen LogP contribution in [0.25, 0.3) is 0 Å². The van der Waals surface area contributed by atoms with Crippen molar-refractivity contribution in [2.24, 2.45) is 11.8 Å². The summed E-state index contributed by atoms with van der Waals surface area (Å²) >= 11 is 0. The Kier molecular flexibility index (Phi) is 4.06. The summed E-state index contributed by atoms with van der Waals surface area (Å²) < 4.78 is 5.10. The maximum atomic E-state index is 12.2. The van der Waals surface area contributed by atoms with Crippen LogP contribution < -0.4 is 0 Å². The summed E-state index contributed by atoms with van der Waals surface area (Å²) in [5.41, 5.74) is 0. The molecule has 2 atom stereocenters. The van der Waals surface area contributed by atoms with Crippen LogP contribution in [-0.2, 0) is 9.53 Å². The third kappa shape index (κ3) is 2.75. The van der Waals surface area contributed by atoms with Crippen LogP contribution >= 0.6 is 0 Å². The van der Waals surface area contributed by atoms with Crippen LogP contribution in [0.2, 0.25) is 0 Å². The van der Waals surface area contributed by atoms with Gasteiger partial charge in [-0.05, 0) is 12.8 Å². The van der Waals surface area contributed by atoms with E-state index in [9.17, 15) is 9.59 Å². The molecule has 0 aromatic heterocycles. The first-order chi connectivity index (χ1) is 8.61. The zero-order chi connectivity index (χ0) is 13.1. The zero-order valence-electron chi connectivity index (χ0n) is 10.7. The summed E-state index contributed by atoms with van der Waals surface area (Å²) in [6.45, 7) is 3.06. The fraction of sp³-hybridized carbons (Fsp3) is 0.833. The Labute approximate surface area is 106 Å². The lowest BCUT2D eigenvalue weighted by Crippen LogP contribution is -2.41. The van der Waals surface area contributed by atoms with Gasteiger partial charge in [0.2, 0.25) is 0 Å². The third-order valence-corrected chi connectivity index (χ3v) is 3.77. The van der Waals surface area contributed by atoms with Crippen LogP contribution in [0.4, 0.5) is 4.79 Å². The summed E-state index contributed by atoms with van der Waals surface area (Å²) in [5, 5.41) is 8.92. The van der Waals surface area contributed by atoms with E-state index in [4.69, 9.17) is 9.84 Å². The zero-order valence-corrected chi connectivity index (χ0v) is 10.7. The fourth-order valence-electron chi connectivity index (χ4n) is 2.71. The second kappa shape index (κ2) is 5.56. The SMILES string of the molecule is COCC1CCN(C(=O)N2CCC(C(=O)O)C2)C1. The van der Waals surface area contributed by atoms with Gasteiger partial charge < -0.3 is 19.6 Å². The number of carbonyl (C=O) groups excluding carboxylic acids is 1. The predicted molar refractivity (Wildman–Crippen MR) is 64.3 cm³/mol. The predicted octanol–water partition coefficient (Wildman–Crippen LogP) is 0.481. The Morgan fingerprint density at radius 3 is 2.50 bits per heavy atom. The summed E-state index contributed by atoms with van der Waals surface area (Å²) in [7, 11) is 1.67. The van der Waals surface area contributed by atoms with Gasteiger partial charge in [0.1, 0.15) is 0 Å². The van der Waals surface area contributed by atoms with E-state index < -0.39 is 11.9 Å². The molecule has 102 valence electrons. The lowest BCUT2D eigenvalue weighted by Gasteiger charge is -2.24. The van der Waals surface area contributed by atoms with Crippen molar-refractivity contribution in [1.82, 2.24) is 9.80 Å². The molecule has 0 bridgehead atoms. The van der Waals surface area contributed by atoms with Gasteiger partial charge in [-0.3, -0.25) is 4.79 Å². The summed E-state index contributed by atoms with van der Waals surface area (Å²) in [6.07, 6.45) is 1.53. The van der Waals surface area contributed by atoms with Crippen molar-refractivity contribution in [1.29, 1.82) is 0 Å². The Morgan fingerprint density at radius 2 is 1.89 bits per heavy atom. The molecule has 0 aliphatic carbocycles. The van der Waals surface area contributed by atoms with Crippen molar-refractivity contribution in [3.63, 3.8) is 0 Å². The molecule has 2 rings (SSSR count). The number of nitrogens with zero attached hydrogens (tertiary/aromatic N) is 2. The van der Waals surface area contributed by atoms with Gasteiger partial charge in [0, 0.05) is 39.2 Å². The topological polar surface area (TPSA) is 70.1 Å². The van der Waals surface area contributed by atoms with Gasteiger partial charge in [-0.2, -0.15) is 0 Å².